The lowest BCUT2D eigenvalue weighted by molar-refractivity contribution is 0.245. The molecular weight excluding hydrogens is 336 g/mol. The molecule has 1 aromatic heterocycles. The van der Waals surface area contributed by atoms with Gasteiger partial charge in [0.15, 0.2) is 0 Å². The molecule has 0 radical (unpaired) electrons. The second-order valence-electron chi connectivity index (χ2n) is 3.76. The Kier molecular flexibility index (Phi) is 3.54. The van der Waals surface area contributed by atoms with Gasteiger partial charge in [-0.1, -0.05) is 23.7 Å². The molecule has 0 saturated heterocycles. The van der Waals surface area contributed by atoms with Crippen molar-refractivity contribution in [1.29, 1.82) is 0 Å². The third kappa shape index (κ3) is 2.40. The Hall–Kier alpha value is -0.550. The van der Waals surface area contributed by atoms with Crippen LogP contribution in [0.4, 0.5) is 0 Å². The van der Waals surface area contributed by atoms with Gasteiger partial charge < -0.3 is 4.74 Å². The summed E-state index contributed by atoms with van der Waals surface area (Å²) in [6, 6.07) is 7.78. The number of aromatic nitrogens is 1. The van der Waals surface area contributed by atoms with Crippen LogP contribution in [0, 0.1) is 3.70 Å². The van der Waals surface area contributed by atoms with Gasteiger partial charge in [0.2, 0.25) is 0 Å². The molecule has 0 unspecified atom stereocenters. The van der Waals surface area contributed by atoms with Gasteiger partial charge in [-0.3, -0.25) is 0 Å². The first-order valence-corrected chi connectivity index (χ1v) is 6.45. The zero-order chi connectivity index (χ0) is 11.7. The summed E-state index contributed by atoms with van der Waals surface area (Å²) in [5.74, 6) is 0.807. The van der Waals surface area contributed by atoms with Crippen molar-refractivity contribution in [3.63, 3.8) is 0 Å². The van der Waals surface area contributed by atoms with Gasteiger partial charge in [-0.05, 0) is 48.6 Å². The van der Waals surface area contributed by atoms with Crippen molar-refractivity contribution >= 4 is 45.1 Å². The van der Waals surface area contributed by atoms with Crippen LogP contribution in [0.5, 0.6) is 5.75 Å². The van der Waals surface area contributed by atoms with Gasteiger partial charge in [0.1, 0.15) is 15.0 Å². The molecule has 0 saturated carbocycles. The quantitative estimate of drug-likeness (QED) is 0.597. The Morgan fingerprint density at radius 3 is 2.81 bits per heavy atom. The summed E-state index contributed by atoms with van der Waals surface area (Å²) in [7, 11) is 0. The monoisotopic (exact) mass is 347 g/mol. The van der Waals surface area contributed by atoms with E-state index in [0.717, 1.165) is 20.4 Å². The number of pyridine rings is 1. The summed E-state index contributed by atoms with van der Waals surface area (Å²) in [6.07, 6.45) is 0.140. The molecule has 0 fully saturated rings. The maximum absolute atomic E-state index is 6.03. The second-order valence-corrected chi connectivity index (χ2v) is 5.18. The fourth-order valence-electron chi connectivity index (χ4n) is 1.47. The predicted molar refractivity (Wildman–Crippen MR) is 75.2 cm³/mol. The van der Waals surface area contributed by atoms with E-state index in [0.29, 0.717) is 5.02 Å². The summed E-state index contributed by atoms with van der Waals surface area (Å²) in [5.41, 5.74) is 0.866. The standard InChI is InChI=1S/C12H11ClINO/c1-7(2)16-10-5-3-4-8-6-9(13)12(14)15-11(8)10/h3-7H,1-2H3. The molecule has 0 aliphatic heterocycles. The normalized spacial score (nSPS) is 11.1. The van der Waals surface area contributed by atoms with Gasteiger partial charge in [0.25, 0.3) is 0 Å². The van der Waals surface area contributed by atoms with E-state index >= 15 is 0 Å². The minimum absolute atomic E-state index is 0.140. The Labute approximate surface area is 113 Å². The summed E-state index contributed by atoms with van der Waals surface area (Å²) < 4.78 is 6.51. The lowest BCUT2D eigenvalue weighted by atomic mass is 10.2. The number of hydrogen-bond donors (Lipinski definition) is 0. The lowest BCUT2D eigenvalue weighted by Gasteiger charge is -2.12. The molecule has 0 bridgehead atoms. The lowest BCUT2D eigenvalue weighted by Crippen LogP contribution is -2.06. The van der Waals surface area contributed by atoms with E-state index in [1.165, 1.54) is 0 Å². The fraction of sp³-hybridized carbons (Fsp3) is 0.250. The Balaban J connectivity index is 2.62. The molecule has 0 aliphatic rings. The largest absolute Gasteiger partial charge is 0.489 e. The molecule has 2 rings (SSSR count). The van der Waals surface area contributed by atoms with Crippen molar-refractivity contribution < 1.29 is 4.74 Å². The molecule has 84 valence electrons. The SMILES string of the molecule is CC(C)Oc1cccc2cc(Cl)c(I)nc12. The third-order valence-electron chi connectivity index (χ3n) is 2.08. The van der Waals surface area contributed by atoms with Crippen LogP contribution in [0.15, 0.2) is 24.3 Å². The van der Waals surface area contributed by atoms with Crippen LogP contribution in [-0.2, 0) is 0 Å². The van der Waals surface area contributed by atoms with Crippen molar-refractivity contribution in [2.24, 2.45) is 0 Å². The maximum Gasteiger partial charge on any atom is 0.145 e. The number of halogens is 2. The van der Waals surface area contributed by atoms with Crippen LogP contribution < -0.4 is 4.74 Å². The number of rotatable bonds is 2. The van der Waals surface area contributed by atoms with Gasteiger partial charge in [0.05, 0.1) is 11.1 Å². The van der Waals surface area contributed by atoms with Crippen molar-refractivity contribution in [2.45, 2.75) is 20.0 Å². The van der Waals surface area contributed by atoms with Crippen LogP contribution in [0.2, 0.25) is 5.02 Å². The average Bonchev–Trinajstić information content (AvgIpc) is 2.20. The highest BCUT2D eigenvalue weighted by atomic mass is 127. The van der Waals surface area contributed by atoms with E-state index in [-0.39, 0.29) is 6.10 Å². The minimum Gasteiger partial charge on any atom is -0.489 e. The predicted octanol–water partition coefficient (Wildman–Crippen LogP) is 4.28. The van der Waals surface area contributed by atoms with Crippen LogP contribution >= 0.6 is 34.2 Å². The van der Waals surface area contributed by atoms with E-state index in [4.69, 9.17) is 16.3 Å². The second kappa shape index (κ2) is 4.75. The molecular formula is C12H11ClINO. The molecule has 0 aliphatic carbocycles. The van der Waals surface area contributed by atoms with Gasteiger partial charge >= 0.3 is 0 Å². The Bertz CT molecular complexity index is 528. The molecule has 1 aromatic carbocycles. The van der Waals surface area contributed by atoms with Crippen molar-refractivity contribution in [2.75, 3.05) is 0 Å². The summed E-state index contributed by atoms with van der Waals surface area (Å²) in [4.78, 5) is 4.46. The summed E-state index contributed by atoms with van der Waals surface area (Å²) in [6.45, 7) is 4.00. The van der Waals surface area contributed by atoms with Crippen LogP contribution in [0.1, 0.15) is 13.8 Å². The fourth-order valence-corrected chi connectivity index (χ4v) is 2.03. The third-order valence-corrected chi connectivity index (χ3v) is 3.51. The highest BCUT2D eigenvalue weighted by Gasteiger charge is 2.08. The number of benzene rings is 1. The highest BCUT2D eigenvalue weighted by molar-refractivity contribution is 14.1. The first-order chi connectivity index (χ1) is 7.58. The van der Waals surface area contributed by atoms with Crippen molar-refractivity contribution in [1.82, 2.24) is 4.98 Å². The molecule has 0 amide bonds. The molecule has 4 heteroatoms. The number of fused-ring (bicyclic) bond motifs is 1. The zero-order valence-electron chi connectivity index (χ0n) is 9.00. The molecule has 0 spiro atoms. The maximum atomic E-state index is 6.03. The first kappa shape index (κ1) is 11.9. The topological polar surface area (TPSA) is 22.1 Å². The van der Waals surface area contributed by atoms with Crippen LogP contribution in [0.25, 0.3) is 10.9 Å². The average molecular weight is 348 g/mol. The molecule has 2 aromatic rings. The van der Waals surface area contributed by atoms with Gasteiger partial charge in [-0.25, -0.2) is 4.98 Å². The highest BCUT2D eigenvalue weighted by Crippen LogP contribution is 2.28. The van der Waals surface area contributed by atoms with E-state index in [1.54, 1.807) is 0 Å². The van der Waals surface area contributed by atoms with Gasteiger partial charge in [-0.2, -0.15) is 0 Å². The number of hydrogen-bond acceptors (Lipinski definition) is 2. The van der Waals surface area contributed by atoms with E-state index < -0.39 is 0 Å². The van der Waals surface area contributed by atoms with E-state index in [2.05, 4.69) is 27.6 Å². The van der Waals surface area contributed by atoms with Gasteiger partial charge in [-0.15, -0.1) is 0 Å². The Morgan fingerprint density at radius 1 is 1.38 bits per heavy atom. The Morgan fingerprint density at radius 2 is 2.12 bits per heavy atom. The smallest absolute Gasteiger partial charge is 0.145 e. The minimum atomic E-state index is 0.140. The van der Waals surface area contributed by atoms with E-state index in [1.807, 2.05) is 38.1 Å². The van der Waals surface area contributed by atoms with E-state index in [9.17, 15) is 0 Å². The number of nitrogens with zero attached hydrogens (tertiary/aromatic N) is 1. The van der Waals surface area contributed by atoms with Gasteiger partial charge in [0, 0.05) is 5.39 Å². The van der Waals surface area contributed by atoms with Crippen LogP contribution in [-0.4, -0.2) is 11.1 Å². The number of ether oxygens (including phenoxy) is 1. The van der Waals surface area contributed by atoms with Crippen molar-refractivity contribution in [3.05, 3.63) is 33.0 Å². The molecule has 1 heterocycles. The summed E-state index contributed by atoms with van der Waals surface area (Å²) in [5, 5.41) is 1.68. The zero-order valence-corrected chi connectivity index (χ0v) is 11.9. The molecule has 2 nitrogen and oxygen atoms in total. The summed E-state index contributed by atoms with van der Waals surface area (Å²) >= 11 is 8.16. The molecule has 0 N–H and O–H groups in total. The van der Waals surface area contributed by atoms with Crippen LogP contribution in [0.3, 0.4) is 0 Å². The molecule has 16 heavy (non-hydrogen) atoms. The number of para-hydroxylation sites is 1. The van der Waals surface area contributed by atoms with Crippen molar-refractivity contribution in [3.8, 4) is 5.75 Å². The first-order valence-electron chi connectivity index (χ1n) is 4.99. The molecule has 0 atom stereocenters.